The Morgan fingerprint density at radius 3 is 1.83 bits per heavy atom. The van der Waals surface area contributed by atoms with E-state index in [-0.39, 0.29) is 37.9 Å². The Balaban J connectivity index is 0.00000121. The van der Waals surface area contributed by atoms with Crippen LogP contribution in [0.2, 0.25) is 0 Å². The molecule has 6 heteroatoms. The zero-order chi connectivity index (χ0) is 8.48. The van der Waals surface area contributed by atoms with Crippen molar-refractivity contribution >= 4 is 37.4 Å². The molecule has 0 aliphatic carbocycles. The molecule has 0 atom stereocenters. The fourth-order valence-corrected chi connectivity index (χ4v) is 1.10. The molecular weight excluding hydrogens is 375 g/mol. The van der Waals surface area contributed by atoms with Crippen molar-refractivity contribution in [2.45, 2.75) is 4.90 Å². The average Bonchev–Trinajstić information content (AvgIpc) is 1.86. The van der Waals surface area contributed by atoms with Crippen LogP contribution in [0.25, 0.3) is 0 Å². The van der Waals surface area contributed by atoms with Crippen molar-refractivity contribution in [1.82, 2.24) is 0 Å². The van der Waals surface area contributed by atoms with Gasteiger partial charge in [0.15, 0.2) is 0 Å². The van der Waals surface area contributed by atoms with Crippen molar-refractivity contribution in [2.75, 3.05) is 0 Å². The second kappa shape index (κ2) is 4.19. The predicted octanol–water partition coefficient (Wildman–Crippen LogP) is -0.277. The van der Waals surface area contributed by atoms with Crippen molar-refractivity contribution in [1.29, 1.82) is 0 Å². The second-order valence-corrected chi connectivity index (χ2v) is 3.39. The van der Waals surface area contributed by atoms with Crippen LogP contribution in [0, 0.1) is 0 Å². The van der Waals surface area contributed by atoms with Crippen molar-refractivity contribution in [3.8, 4) is 5.75 Å². The predicted molar refractivity (Wildman–Crippen MR) is 46.5 cm³/mol. The first-order chi connectivity index (χ1) is 5.00. The van der Waals surface area contributed by atoms with Crippen LogP contribution in [-0.2, 0) is 10.1 Å². The minimum atomic E-state index is -4.13. The fourth-order valence-electron chi connectivity index (χ4n) is 0.618. The van der Waals surface area contributed by atoms with Gasteiger partial charge in [0.1, 0.15) is 5.75 Å². The number of phenolic OH excluding ortho intramolecular Hbond substituents is 1. The Morgan fingerprint density at radius 1 is 1.08 bits per heavy atom. The minimum absolute atomic E-state index is 0. The van der Waals surface area contributed by atoms with Gasteiger partial charge in [0.05, 0.1) is 4.90 Å². The molecule has 66 valence electrons. The van der Waals surface area contributed by atoms with Crippen LogP contribution in [0.15, 0.2) is 29.2 Å². The summed E-state index contributed by atoms with van der Waals surface area (Å²) in [5.41, 5.74) is 0. The summed E-state index contributed by atoms with van der Waals surface area (Å²) in [6, 6.07) is 4.60. The summed E-state index contributed by atoms with van der Waals surface area (Å²) in [6.07, 6.45) is 0. The van der Waals surface area contributed by atoms with E-state index in [9.17, 15) is 8.42 Å². The van der Waals surface area contributed by atoms with Crippen LogP contribution in [0.3, 0.4) is 0 Å². The SMILES string of the molecule is O=S(=O)(O)c1ccc(O)cc1.[PbH2]. The number of hydrogen-bond donors (Lipinski definition) is 2. The topological polar surface area (TPSA) is 74.6 Å². The quantitative estimate of drug-likeness (QED) is 0.517. The third-order valence-corrected chi connectivity index (χ3v) is 2.00. The maximum atomic E-state index is 10.4. The van der Waals surface area contributed by atoms with Gasteiger partial charge in [-0.2, -0.15) is 8.42 Å². The van der Waals surface area contributed by atoms with Crippen LogP contribution in [0.5, 0.6) is 5.75 Å². The Labute approximate surface area is 90.1 Å². The molecule has 0 saturated carbocycles. The molecule has 1 aromatic carbocycles. The zero-order valence-corrected chi connectivity index (χ0v) is 12.4. The molecule has 0 bridgehead atoms. The van der Waals surface area contributed by atoms with Crippen LogP contribution in [0.1, 0.15) is 0 Å². The molecule has 4 nitrogen and oxygen atoms in total. The molecule has 2 radical (unpaired) electrons. The average molecular weight is 383 g/mol. The van der Waals surface area contributed by atoms with E-state index < -0.39 is 10.1 Å². The van der Waals surface area contributed by atoms with E-state index in [0.29, 0.717) is 0 Å². The number of phenols is 1. The van der Waals surface area contributed by atoms with E-state index in [0.717, 1.165) is 12.1 Å². The molecule has 0 aliphatic heterocycles. The van der Waals surface area contributed by atoms with E-state index in [2.05, 4.69) is 0 Å². The van der Waals surface area contributed by atoms with Gasteiger partial charge in [0.2, 0.25) is 0 Å². The van der Waals surface area contributed by atoms with Crippen LogP contribution in [0.4, 0.5) is 0 Å². The second-order valence-electron chi connectivity index (χ2n) is 1.97. The monoisotopic (exact) mass is 384 g/mol. The Morgan fingerprint density at radius 2 is 1.50 bits per heavy atom. The van der Waals surface area contributed by atoms with Crippen molar-refractivity contribution in [2.24, 2.45) is 0 Å². The summed E-state index contributed by atoms with van der Waals surface area (Å²) in [4.78, 5) is -0.227. The van der Waals surface area contributed by atoms with Gasteiger partial charge in [-0.15, -0.1) is 0 Å². The molecule has 0 heterocycles. The van der Waals surface area contributed by atoms with E-state index in [1.54, 1.807) is 0 Å². The molecule has 0 unspecified atom stereocenters. The summed E-state index contributed by atoms with van der Waals surface area (Å²) in [5.74, 6) is -0.0441. The van der Waals surface area contributed by atoms with Gasteiger partial charge in [-0.25, -0.2) is 0 Å². The van der Waals surface area contributed by atoms with Gasteiger partial charge in [-0.3, -0.25) is 4.55 Å². The molecule has 0 aliphatic rings. The summed E-state index contributed by atoms with van der Waals surface area (Å²) >= 11 is 0. The first-order valence-electron chi connectivity index (χ1n) is 2.77. The van der Waals surface area contributed by atoms with E-state index in [1.165, 1.54) is 12.1 Å². The normalized spacial score (nSPS) is 10.4. The van der Waals surface area contributed by atoms with E-state index in [1.807, 2.05) is 0 Å². The molecule has 12 heavy (non-hydrogen) atoms. The van der Waals surface area contributed by atoms with E-state index in [4.69, 9.17) is 9.66 Å². The molecule has 1 rings (SSSR count). The molecule has 1 aromatic rings. The zero-order valence-electron chi connectivity index (χ0n) is 6.14. The molecule has 0 amide bonds. The number of benzene rings is 1. The molecule has 0 fully saturated rings. The Hall–Kier alpha value is -0.148. The molecule has 2 N–H and O–H groups in total. The van der Waals surface area contributed by atoms with Gasteiger partial charge >= 0.3 is 27.3 Å². The number of hydrogen-bond acceptors (Lipinski definition) is 3. The van der Waals surface area contributed by atoms with Gasteiger partial charge in [0.25, 0.3) is 10.1 Å². The molecule has 0 spiro atoms. The van der Waals surface area contributed by atoms with Crippen molar-refractivity contribution < 1.29 is 18.1 Å². The van der Waals surface area contributed by atoms with Crippen LogP contribution < -0.4 is 0 Å². The van der Waals surface area contributed by atoms with E-state index >= 15 is 0 Å². The Bertz CT molecular complexity index is 342. The molecule has 0 saturated heterocycles. The summed E-state index contributed by atoms with van der Waals surface area (Å²) in [7, 11) is -4.13. The van der Waals surface area contributed by atoms with Crippen molar-refractivity contribution in [3.63, 3.8) is 0 Å². The first-order valence-corrected chi connectivity index (χ1v) is 4.21. The third kappa shape index (κ3) is 3.07. The summed E-state index contributed by atoms with van der Waals surface area (Å²) in [5, 5.41) is 8.75. The van der Waals surface area contributed by atoms with Crippen molar-refractivity contribution in [3.05, 3.63) is 24.3 Å². The van der Waals surface area contributed by atoms with Gasteiger partial charge < -0.3 is 5.11 Å². The maximum absolute atomic E-state index is 10.4. The summed E-state index contributed by atoms with van der Waals surface area (Å²) < 4.78 is 29.3. The number of rotatable bonds is 1. The molecular formula is C6H8O4PbS. The fraction of sp³-hybridized carbons (Fsp3) is 0. The van der Waals surface area contributed by atoms with Gasteiger partial charge in [-0.1, -0.05) is 0 Å². The standard InChI is InChI=1S/C6H6O4S.Pb.2H/c7-5-1-3-6(4-2-5)11(8,9)10;;;/h1-4,7H,(H,8,9,10);;;. The van der Waals surface area contributed by atoms with Crippen LogP contribution >= 0.6 is 0 Å². The Kier molecular flexibility index (Phi) is 4.14. The first kappa shape index (κ1) is 11.9. The van der Waals surface area contributed by atoms with Gasteiger partial charge in [0, 0.05) is 0 Å². The summed E-state index contributed by atoms with van der Waals surface area (Å²) in [6.45, 7) is 0. The number of aromatic hydroxyl groups is 1. The third-order valence-electron chi connectivity index (χ3n) is 1.13. The van der Waals surface area contributed by atoms with Crippen LogP contribution in [-0.4, -0.2) is 45.4 Å². The van der Waals surface area contributed by atoms with Gasteiger partial charge in [-0.05, 0) is 24.3 Å². The molecule has 0 aromatic heterocycles.